The van der Waals surface area contributed by atoms with Crippen molar-refractivity contribution in [2.75, 3.05) is 11.2 Å². The predicted molar refractivity (Wildman–Crippen MR) is 157 cm³/mol. The Balaban J connectivity index is 1.55. The second kappa shape index (κ2) is 11.4. The van der Waals surface area contributed by atoms with Gasteiger partial charge in [-0.3, -0.25) is 9.69 Å². The molecular formula is C24H15Br2Cl2NO2S3. The third kappa shape index (κ3) is 5.86. The fraction of sp³-hybridized carbons (Fsp3) is 0.0833. The SMILES string of the molecule is CSc1cccc(N2C(=O)/C(=C\c3cc(Br)c(OCc4ccc(Cl)cc4Cl)c(Br)c3)SC2=S)c1. The molecule has 34 heavy (non-hydrogen) atoms. The molecule has 1 heterocycles. The van der Waals surface area contributed by atoms with Gasteiger partial charge in [0.25, 0.3) is 5.91 Å². The van der Waals surface area contributed by atoms with Crippen LogP contribution in [-0.4, -0.2) is 16.5 Å². The highest BCUT2D eigenvalue weighted by atomic mass is 79.9. The number of halogens is 4. The van der Waals surface area contributed by atoms with E-state index in [9.17, 15) is 4.79 Å². The first kappa shape index (κ1) is 26.1. The molecule has 0 spiro atoms. The number of hydrogen-bond acceptors (Lipinski definition) is 5. The van der Waals surface area contributed by atoms with Crippen LogP contribution in [0.1, 0.15) is 11.1 Å². The van der Waals surface area contributed by atoms with Crippen molar-refractivity contribution in [3.05, 3.63) is 89.6 Å². The summed E-state index contributed by atoms with van der Waals surface area (Å²) in [5, 5.41) is 1.12. The second-order valence-electron chi connectivity index (χ2n) is 7.06. The van der Waals surface area contributed by atoms with Crippen LogP contribution in [0.2, 0.25) is 10.0 Å². The smallest absolute Gasteiger partial charge is 0.270 e. The number of rotatable bonds is 6. The second-order valence-corrected chi connectivity index (χ2v) is 12.2. The number of nitrogens with zero attached hydrogens (tertiary/aromatic N) is 1. The van der Waals surface area contributed by atoms with Crippen LogP contribution >= 0.6 is 90.8 Å². The van der Waals surface area contributed by atoms with Gasteiger partial charge in [-0.25, -0.2) is 0 Å². The zero-order chi connectivity index (χ0) is 24.4. The van der Waals surface area contributed by atoms with Crippen LogP contribution in [0.15, 0.2) is 73.3 Å². The summed E-state index contributed by atoms with van der Waals surface area (Å²) in [5.41, 5.74) is 2.42. The summed E-state index contributed by atoms with van der Waals surface area (Å²) in [4.78, 5) is 16.3. The minimum absolute atomic E-state index is 0.141. The van der Waals surface area contributed by atoms with E-state index in [1.54, 1.807) is 28.8 Å². The van der Waals surface area contributed by atoms with Gasteiger partial charge in [0.2, 0.25) is 0 Å². The van der Waals surface area contributed by atoms with Crippen molar-refractivity contribution in [1.29, 1.82) is 0 Å². The van der Waals surface area contributed by atoms with Gasteiger partial charge in [-0.1, -0.05) is 59.3 Å². The number of thiocarbonyl (C=S) groups is 1. The molecule has 4 rings (SSSR count). The first-order chi connectivity index (χ1) is 16.3. The van der Waals surface area contributed by atoms with Gasteiger partial charge in [-0.05, 0) is 92.2 Å². The molecule has 0 aromatic heterocycles. The molecule has 1 aliphatic heterocycles. The molecule has 0 atom stereocenters. The van der Waals surface area contributed by atoms with Gasteiger partial charge in [-0.15, -0.1) is 11.8 Å². The maximum absolute atomic E-state index is 13.1. The van der Waals surface area contributed by atoms with E-state index in [1.807, 2.05) is 54.8 Å². The molecule has 0 aliphatic carbocycles. The minimum Gasteiger partial charge on any atom is -0.486 e. The number of carbonyl (C=O) groups excluding carboxylic acids is 1. The normalized spacial score (nSPS) is 14.9. The molecule has 0 bridgehead atoms. The summed E-state index contributed by atoms with van der Waals surface area (Å²) >= 11 is 27.8. The molecule has 1 amide bonds. The van der Waals surface area contributed by atoms with Gasteiger partial charge >= 0.3 is 0 Å². The Bertz CT molecular complexity index is 1310. The number of benzene rings is 3. The maximum atomic E-state index is 13.1. The van der Waals surface area contributed by atoms with Crippen LogP contribution in [-0.2, 0) is 11.4 Å². The topological polar surface area (TPSA) is 29.5 Å². The van der Waals surface area contributed by atoms with Gasteiger partial charge in [-0.2, -0.15) is 0 Å². The van der Waals surface area contributed by atoms with E-state index in [2.05, 4.69) is 31.9 Å². The fourth-order valence-corrected chi connectivity index (χ4v) is 6.85. The third-order valence-electron chi connectivity index (χ3n) is 4.81. The van der Waals surface area contributed by atoms with Crippen LogP contribution in [0.5, 0.6) is 5.75 Å². The van der Waals surface area contributed by atoms with Crippen molar-refractivity contribution < 1.29 is 9.53 Å². The Morgan fingerprint density at radius 2 is 1.85 bits per heavy atom. The molecule has 0 N–H and O–H groups in total. The fourth-order valence-electron chi connectivity index (χ4n) is 3.18. The van der Waals surface area contributed by atoms with E-state index < -0.39 is 0 Å². The minimum atomic E-state index is -0.141. The van der Waals surface area contributed by atoms with Gasteiger partial charge in [0.05, 0.1) is 19.5 Å². The summed E-state index contributed by atoms with van der Waals surface area (Å²) in [5.74, 6) is 0.489. The first-order valence-corrected chi connectivity index (χ1v) is 14.5. The van der Waals surface area contributed by atoms with Crippen molar-refractivity contribution >= 4 is 113 Å². The Labute approximate surface area is 238 Å². The summed E-state index contributed by atoms with van der Waals surface area (Å²) in [6, 6.07) is 16.8. The largest absolute Gasteiger partial charge is 0.486 e. The number of hydrogen-bond donors (Lipinski definition) is 0. The highest BCUT2D eigenvalue weighted by Crippen LogP contribution is 2.40. The van der Waals surface area contributed by atoms with Gasteiger partial charge in [0.1, 0.15) is 12.4 Å². The Kier molecular flexibility index (Phi) is 8.72. The lowest BCUT2D eigenvalue weighted by atomic mass is 10.2. The van der Waals surface area contributed by atoms with Gasteiger partial charge in [0.15, 0.2) is 4.32 Å². The van der Waals surface area contributed by atoms with E-state index in [0.717, 1.165) is 30.7 Å². The lowest BCUT2D eigenvalue weighted by molar-refractivity contribution is -0.113. The summed E-state index contributed by atoms with van der Waals surface area (Å²) in [7, 11) is 0. The van der Waals surface area contributed by atoms with E-state index in [4.69, 9.17) is 40.2 Å². The standard InChI is InChI=1S/C24H15Br2Cl2NO2S3/c1-33-17-4-2-3-16(11-17)29-23(30)21(34-24(29)32)9-13-7-18(25)22(19(26)8-13)31-12-14-5-6-15(27)10-20(14)28/h2-11H,12H2,1H3/b21-9+. The molecule has 0 saturated carbocycles. The first-order valence-electron chi connectivity index (χ1n) is 9.74. The van der Waals surface area contributed by atoms with Crippen molar-refractivity contribution in [1.82, 2.24) is 0 Å². The van der Waals surface area contributed by atoms with Crippen LogP contribution in [0.4, 0.5) is 5.69 Å². The number of anilines is 1. The predicted octanol–water partition coefficient (Wildman–Crippen LogP) is 9.23. The lowest BCUT2D eigenvalue weighted by Gasteiger charge is -2.15. The molecule has 10 heteroatoms. The van der Waals surface area contributed by atoms with Crippen molar-refractivity contribution in [2.24, 2.45) is 0 Å². The Morgan fingerprint density at radius 1 is 1.12 bits per heavy atom. The molecule has 1 aliphatic rings. The number of thioether (sulfide) groups is 2. The molecule has 1 fully saturated rings. The molecule has 0 unspecified atom stereocenters. The third-order valence-corrected chi connectivity index (χ3v) is 8.60. The van der Waals surface area contributed by atoms with Crippen molar-refractivity contribution in [2.45, 2.75) is 11.5 Å². The monoisotopic (exact) mass is 673 g/mol. The average Bonchev–Trinajstić information content (AvgIpc) is 3.07. The van der Waals surface area contributed by atoms with Crippen LogP contribution < -0.4 is 9.64 Å². The number of amides is 1. The average molecular weight is 676 g/mol. The van der Waals surface area contributed by atoms with Crippen molar-refractivity contribution in [3.8, 4) is 5.75 Å². The lowest BCUT2D eigenvalue weighted by Crippen LogP contribution is -2.27. The summed E-state index contributed by atoms with van der Waals surface area (Å²) < 4.78 is 7.97. The Morgan fingerprint density at radius 3 is 2.53 bits per heavy atom. The highest BCUT2D eigenvalue weighted by molar-refractivity contribution is 9.11. The maximum Gasteiger partial charge on any atom is 0.270 e. The molecule has 1 saturated heterocycles. The Hall–Kier alpha value is -1.000. The van der Waals surface area contributed by atoms with Gasteiger partial charge in [0, 0.05) is 20.5 Å². The van der Waals surface area contributed by atoms with Crippen LogP contribution in [0.3, 0.4) is 0 Å². The van der Waals surface area contributed by atoms with E-state index in [0.29, 0.717) is 25.0 Å². The molecule has 3 nitrogen and oxygen atoms in total. The quantitative estimate of drug-likeness (QED) is 0.148. The summed E-state index contributed by atoms with van der Waals surface area (Å²) in [6.07, 6.45) is 3.82. The highest BCUT2D eigenvalue weighted by Gasteiger charge is 2.33. The molecule has 3 aromatic rings. The molecule has 0 radical (unpaired) electrons. The van der Waals surface area contributed by atoms with Crippen molar-refractivity contribution in [3.63, 3.8) is 0 Å². The molecule has 3 aromatic carbocycles. The zero-order valence-corrected chi connectivity index (χ0v) is 24.6. The molecule has 174 valence electrons. The molecular weight excluding hydrogens is 661 g/mol. The van der Waals surface area contributed by atoms with Gasteiger partial charge < -0.3 is 4.74 Å². The zero-order valence-electron chi connectivity index (χ0n) is 17.5. The van der Waals surface area contributed by atoms with Crippen LogP contribution in [0.25, 0.3) is 6.08 Å². The van der Waals surface area contributed by atoms with Crippen LogP contribution in [0, 0.1) is 0 Å². The number of ether oxygens (including phenoxy) is 1. The number of carbonyl (C=O) groups is 1. The van der Waals surface area contributed by atoms with E-state index in [1.165, 1.54) is 11.8 Å². The summed E-state index contributed by atoms with van der Waals surface area (Å²) in [6.45, 7) is 0.278. The van der Waals surface area contributed by atoms with E-state index in [-0.39, 0.29) is 12.5 Å². The van der Waals surface area contributed by atoms with E-state index >= 15 is 0 Å².